The van der Waals surface area contributed by atoms with Crippen LogP contribution in [0, 0.1) is 0 Å². The zero-order valence-electron chi connectivity index (χ0n) is 10.8. The minimum Gasteiger partial charge on any atom is -0.497 e. The molecule has 20 heavy (non-hydrogen) atoms. The molecule has 2 aromatic heterocycles. The lowest BCUT2D eigenvalue weighted by molar-refractivity contribution is 0.415. The molecule has 0 atom stereocenters. The number of nitrogens with one attached hydrogen (secondary N) is 1. The number of halogens is 1. The molecule has 4 nitrogen and oxygen atoms in total. The number of methoxy groups -OCH3 is 1. The molecular weight excluding hydrogens is 318 g/mol. The third kappa shape index (κ3) is 2.58. The minimum absolute atomic E-state index is 0.809. The molecule has 0 bridgehead atoms. The van der Waals surface area contributed by atoms with E-state index in [1.807, 2.05) is 36.4 Å². The van der Waals surface area contributed by atoms with E-state index in [0.717, 1.165) is 32.6 Å². The lowest BCUT2D eigenvalue weighted by atomic mass is 10.2. The van der Waals surface area contributed by atoms with Crippen molar-refractivity contribution in [2.75, 3.05) is 12.4 Å². The van der Waals surface area contributed by atoms with Crippen molar-refractivity contribution in [1.82, 2.24) is 9.97 Å². The molecule has 0 amide bonds. The predicted octanol–water partition coefficient (Wildman–Crippen LogP) is 4.14. The molecule has 1 N–H and O–H groups in total. The van der Waals surface area contributed by atoms with Gasteiger partial charge in [-0.2, -0.15) is 0 Å². The summed E-state index contributed by atoms with van der Waals surface area (Å²) >= 11 is 3.40. The third-order valence-corrected chi connectivity index (χ3v) is 3.33. The lowest BCUT2D eigenvalue weighted by Gasteiger charge is -2.10. The average molecular weight is 330 g/mol. The molecule has 3 aromatic rings. The van der Waals surface area contributed by atoms with Crippen LogP contribution in [0.5, 0.6) is 5.75 Å². The highest BCUT2D eigenvalue weighted by atomic mass is 79.9. The summed E-state index contributed by atoms with van der Waals surface area (Å²) in [5.74, 6) is 0.809. The molecule has 0 fully saturated rings. The summed E-state index contributed by atoms with van der Waals surface area (Å²) in [7, 11) is 1.65. The Balaban J connectivity index is 2.02. The van der Waals surface area contributed by atoms with E-state index in [-0.39, 0.29) is 0 Å². The Morgan fingerprint density at radius 1 is 1.15 bits per heavy atom. The van der Waals surface area contributed by atoms with Crippen molar-refractivity contribution in [3.8, 4) is 5.75 Å². The predicted molar refractivity (Wildman–Crippen MR) is 83.5 cm³/mol. The molecule has 100 valence electrons. The van der Waals surface area contributed by atoms with E-state index in [1.54, 1.807) is 19.5 Å². The van der Waals surface area contributed by atoms with Crippen LogP contribution in [0.2, 0.25) is 0 Å². The summed E-state index contributed by atoms with van der Waals surface area (Å²) in [6, 6.07) is 11.6. The van der Waals surface area contributed by atoms with Crippen LogP contribution >= 0.6 is 15.9 Å². The quantitative estimate of drug-likeness (QED) is 0.784. The van der Waals surface area contributed by atoms with Gasteiger partial charge in [0, 0.05) is 28.6 Å². The molecule has 0 radical (unpaired) electrons. The second-order valence-corrected chi connectivity index (χ2v) is 5.15. The smallest absolute Gasteiger partial charge is 0.120 e. The maximum atomic E-state index is 5.22. The second kappa shape index (κ2) is 5.46. The molecule has 0 aliphatic carbocycles. The fourth-order valence-electron chi connectivity index (χ4n) is 1.96. The van der Waals surface area contributed by atoms with Crippen LogP contribution in [0.3, 0.4) is 0 Å². The molecule has 0 spiro atoms. The highest BCUT2D eigenvalue weighted by Crippen LogP contribution is 2.26. The number of aromatic nitrogens is 2. The fourth-order valence-corrected chi connectivity index (χ4v) is 2.28. The number of hydrogen-bond acceptors (Lipinski definition) is 4. The summed E-state index contributed by atoms with van der Waals surface area (Å²) in [4.78, 5) is 8.74. The first-order chi connectivity index (χ1) is 9.76. The van der Waals surface area contributed by atoms with Crippen molar-refractivity contribution in [2.24, 2.45) is 0 Å². The molecule has 0 saturated carbocycles. The summed E-state index contributed by atoms with van der Waals surface area (Å²) < 4.78 is 6.13. The van der Waals surface area contributed by atoms with Crippen LogP contribution in [0.15, 0.2) is 53.3 Å². The number of benzene rings is 1. The number of anilines is 2. The van der Waals surface area contributed by atoms with Gasteiger partial charge in [0.1, 0.15) is 11.3 Å². The van der Waals surface area contributed by atoms with Gasteiger partial charge in [-0.3, -0.25) is 9.97 Å². The van der Waals surface area contributed by atoms with E-state index in [9.17, 15) is 0 Å². The van der Waals surface area contributed by atoms with Crippen molar-refractivity contribution < 1.29 is 4.74 Å². The monoisotopic (exact) mass is 329 g/mol. The van der Waals surface area contributed by atoms with E-state index in [0.29, 0.717) is 0 Å². The van der Waals surface area contributed by atoms with Gasteiger partial charge in [0.2, 0.25) is 0 Å². The van der Waals surface area contributed by atoms with Gasteiger partial charge in [-0.1, -0.05) is 6.07 Å². The summed E-state index contributed by atoms with van der Waals surface area (Å²) in [6.45, 7) is 0. The maximum absolute atomic E-state index is 5.22. The highest BCUT2D eigenvalue weighted by molar-refractivity contribution is 9.10. The number of rotatable bonds is 3. The Bertz CT molecular complexity index is 761. The second-order valence-electron chi connectivity index (χ2n) is 4.24. The third-order valence-electron chi connectivity index (χ3n) is 2.89. The number of hydrogen-bond donors (Lipinski definition) is 1. The fraction of sp³-hybridized carbons (Fsp3) is 0.0667. The van der Waals surface area contributed by atoms with Crippen molar-refractivity contribution in [1.29, 1.82) is 0 Å². The molecule has 0 saturated heterocycles. The first kappa shape index (κ1) is 12.9. The maximum Gasteiger partial charge on any atom is 0.120 e. The van der Waals surface area contributed by atoms with E-state index in [1.165, 1.54) is 0 Å². The molecule has 0 aliphatic rings. The minimum atomic E-state index is 0.809. The summed E-state index contributed by atoms with van der Waals surface area (Å²) in [5, 5.41) is 3.34. The Hall–Kier alpha value is -2.14. The van der Waals surface area contributed by atoms with Gasteiger partial charge < -0.3 is 10.1 Å². The van der Waals surface area contributed by atoms with E-state index in [2.05, 4.69) is 31.2 Å². The molecule has 0 unspecified atom stereocenters. The van der Waals surface area contributed by atoms with Crippen LogP contribution in [0.25, 0.3) is 11.0 Å². The molecule has 0 aliphatic heterocycles. The van der Waals surface area contributed by atoms with Crippen LogP contribution in [-0.4, -0.2) is 17.1 Å². The lowest BCUT2D eigenvalue weighted by Crippen LogP contribution is -1.94. The molecular formula is C15H12BrN3O. The number of ether oxygens (including phenoxy) is 1. The Morgan fingerprint density at radius 2 is 2.05 bits per heavy atom. The van der Waals surface area contributed by atoms with Gasteiger partial charge in [-0.15, -0.1) is 0 Å². The average Bonchev–Trinajstić information content (AvgIpc) is 2.47. The largest absolute Gasteiger partial charge is 0.497 e. The van der Waals surface area contributed by atoms with Gasteiger partial charge in [-0.05, 0) is 40.2 Å². The van der Waals surface area contributed by atoms with Gasteiger partial charge in [0.15, 0.2) is 0 Å². The molecule has 1 aromatic carbocycles. The van der Waals surface area contributed by atoms with Crippen LogP contribution < -0.4 is 10.1 Å². The normalized spacial score (nSPS) is 10.5. The van der Waals surface area contributed by atoms with E-state index < -0.39 is 0 Å². The standard InChI is InChI=1S/C15H12BrN3O/c1-20-12-4-2-3-11(8-12)19-13-5-6-17-14-7-10(16)9-18-15(13)14/h2-9H,1H3,(H,17,19). The molecule has 2 heterocycles. The Kier molecular flexibility index (Phi) is 3.52. The first-order valence-electron chi connectivity index (χ1n) is 6.07. The summed E-state index contributed by atoms with van der Waals surface area (Å²) in [5.41, 5.74) is 3.53. The van der Waals surface area contributed by atoms with Crippen molar-refractivity contribution in [3.05, 3.63) is 53.3 Å². The van der Waals surface area contributed by atoms with Crippen LogP contribution in [-0.2, 0) is 0 Å². The van der Waals surface area contributed by atoms with E-state index >= 15 is 0 Å². The Labute approximate surface area is 125 Å². The van der Waals surface area contributed by atoms with E-state index in [4.69, 9.17) is 4.74 Å². The SMILES string of the molecule is COc1cccc(Nc2ccnc3cc(Br)cnc23)c1. The van der Waals surface area contributed by atoms with Crippen LogP contribution in [0.4, 0.5) is 11.4 Å². The van der Waals surface area contributed by atoms with Crippen molar-refractivity contribution in [3.63, 3.8) is 0 Å². The van der Waals surface area contributed by atoms with Crippen LogP contribution in [0.1, 0.15) is 0 Å². The topological polar surface area (TPSA) is 47.0 Å². The van der Waals surface area contributed by atoms with Gasteiger partial charge in [0.05, 0.1) is 18.3 Å². The molecule has 5 heteroatoms. The molecule has 3 rings (SSSR count). The van der Waals surface area contributed by atoms with Crippen molar-refractivity contribution in [2.45, 2.75) is 0 Å². The number of nitrogens with zero attached hydrogens (tertiary/aromatic N) is 2. The van der Waals surface area contributed by atoms with Gasteiger partial charge in [-0.25, -0.2) is 0 Å². The van der Waals surface area contributed by atoms with Gasteiger partial charge in [0.25, 0.3) is 0 Å². The Morgan fingerprint density at radius 3 is 2.90 bits per heavy atom. The zero-order chi connectivity index (χ0) is 13.9. The highest BCUT2D eigenvalue weighted by Gasteiger charge is 2.05. The number of pyridine rings is 2. The number of fused-ring (bicyclic) bond motifs is 1. The zero-order valence-corrected chi connectivity index (χ0v) is 12.4. The van der Waals surface area contributed by atoms with Crippen molar-refractivity contribution >= 4 is 38.3 Å². The first-order valence-corrected chi connectivity index (χ1v) is 6.87. The summed E-state index contributed by atoms with van der Waals surface area (Å²) in [6.07, 6.45) is 3.53. The van der Waals surface area contributed by atoms with Gasteiger partial charge >= 0.3 is 0 Å².